The van der Waals surface area contributed by atoms with Crippen molar-refractivity contribution >= 4 is 0 Å². The first-order chi connectivity index (χ1) is 16.9. The summed E-state index contributed by atoms with van der Waals surface area (Å²) in [6.45, 7) is 4.53. The number of hydrogen-bond acceptors (Lipinski definition) is 2. The van der Waals surface area contributed by atoms with Crippen molar-refractivity contribution in [2.45, 2.75) is 84.0 Å². The lowest BCUT2D eigenvalue weighted by molar-refractivity contribution is 0.145. The quantitative estimate of drug-likeness (QED) is 0.336. The molecule has 4 rings (SSSR count). The lowest BCUT2D eigenvalue weighted by Gasteiger charge is -2.34. The Kier molecular flexibility index (Phi) is 8.82. The highest BCUT2D eigenvalue weighted by Gasteiger charge is 2.35. The standard InChI is InChI=1S/C29H38F4O2/c1-3-18-5-9-20(10-6-18)23-14-16-25(29(33)27(23)31)35-17-19-7-11-21(12-8-19)22-13-15-24(34-4-2)28(32)26(22)30/h14-16,18-22H,3-13,17H2,1-2H3. The Balaban J connectivity index is 1.28. The Morgan fingerprint density at radius 1 is 0.800 bits per heavy atom. The molecule has 2 fully saturated rings. The van der Waals surface area contributed by atoms with Gasteiger partial charge >= 0.3 is 0 Å². The van der Waals surface area contributed by atoms with Gasteiger partial charge in [0, 0.05) is 5.92 Å². The maximum Gasteiger partial charge on any atom is 0.200 e. The Bertz CT molecular complexity index is 925. The molecule has 0 radical (unpaired) electrons. The van der Waals surface area contributed by atoms with Crippen LogP contribution < -0.4 is 4.74 Å². The summed E-state index contributed by atoms with van der Waals surface area (Å²) in [4.78, 5) is 0. The highest BCUT2D eigenvalue weighted by Crippen LogP contribution is 2.44. The van der Waals surface area contributed by atoms with Crippen LogP contribution >= 0.6 is 0 Å². The second-order valence-electron chi connectivity index (χ2n) is 10.5. The van der Waals surface area contributed by atoms with Crippen LogP contribution in [-0.4, -0.2) is 13.2 Å². The van der Waals surface area contributed by atoms with Gasteiger partial charge in [0.15, 0.2) is 23.2 Å². The van der Waals surface area contributed by atoms with Gasteiger partial charge in [-0.25, -0.2) is 13.2 Å². The molecule has 35 heavy (non-hydrogen) atoms. The largest absolute Gasteiger partial charge is 0.491 e. The van der Waals surface area contributed by atoms with E-state index >= 15 is 0 Å². The molecule has 2 nitrogen and oxygen atoms in total. The fourth-order valence-corrected chi connectivity index (χ4v) is 6.20. The van der Waals surface area contributed by atoms with Gasteiger partial charge in [0.05, 0.1) is 13.2 Å². The van der Waals surface area contributed by atoms with Gasteiger partial charge in [0.2, 0.25) is 5.82 Å². The van der Waals surface area contributed by atoms with Crippen molar-refractivity contribution in [3.63, 3.8) is 0 Å². The predicted octanol–water partition coefficient (Wildman–Crippen LogP) is 8.92. The van der Waals surface area contributed by atoms with Crippen molar-refractivity contribution in [3.05, 3.63) is 52.8 Å². The van der Waals surface area contributed by atoms with E-state index < -0.39 is 29.2 Å². The molecule has 0 bridgehead atoms. The molecule has 6 heteroatoms. The van der Waals surface area contributed by atoms with Gasteiger partial charge in [-0.2, -0.15) is 4.39 Å². The minimum atomic E-state index is -0.893. The summed E-state index contributed by atoms with van der Waals surface area (Å²) in [7, 11) is 0. The van der Waals surface area contributed by atoms with Crippen molar-refractivity contribution in [3.8, 4) is 5.75 Å². The van der Waals surface area contributed by atoms with Crippen LogP contribution in [0.25, 0.3) is 0 Å². The van der Waals surface area contributed by atoms with Crippen LogP contribution in [-0.2, 0) is 4.74 Å². The summed E-state index contributed by atoms with van der Waals surface area (Å²) in [6.07, 6.45) is 10.3. The second kappa shape index (κ2) is 11.8. The summed E-state index contributed by atoms with van der Waals surface area (Å²) in [6, 6.07) is 3.26. The number of benzene rings is 1. The molecule has 3 aliphatic rings. The summed E-state index contributed by atoms with van der Waals surface area (Å²) in [5, 5.41) is 0. The molecule has 0 aromatic heterocycles. The van der Waals surface area contributed by atoms with E-state index in [4.69, 9.17) is 9.47 Å². The van der Waals surface area contributed by atoms with Crippen LogP contribution in [0.15, 0.2) is 35.6 Å². The second-order valence-corrected chi connectivity index (χ2v) is 10.5. The van der Waals surface area contributed by atoms with Gasteiger partial charge in [-0.15, -0.1) is 0 Å². The topological polar surface area (TPSA) is 18.5 Å². The van der Waals surface area contributed by atoms with Crippen LogP contribution in [0.1, 0.15) is 89.5 Å². The van der Waals surface area contributed by atoms with Gasteiger partial charge in [0.25, 0.3) is 0 Å². The summed E-state index contributed by atoms with van der Waals surface area (Å²) in [5.74, 6) is -2.68. The third-order valence-corrected chi connectivity index (χ3v) is 8.48. The highest BCUT2D eigenvalue weighted by molar-refractivity contribution is 5.33. The number of hydrogen-bond donors (Lipinski definition) is 0. The maximum absolute atomic E-state index is 14.9. The monoisotopic (exact) mass is 494 g/mol. The van der Waals surface area contributed by atoms with Crippen LogP contribution in [0.4, 0.5) is 17.6 Å². The molecular formula is C29H38F4O2. The molecule has 1 aromatic rings. The molecule has 1 aromatic carbocycles. The van der Waals surface area contributed by atoms with E-state index in [2.05, 4.69) is 6.92 Å². The van der Waals surface area contributed by atoms with E-state index in [1.807, 2.05) is 0 Å². The summed E-state index contributed by atoms with van der Waals surface area (Å²) < 4.78 is 69.5. The van der Waals surface area contributed by atoms with Crippen molar-refractivity contribution < 1.29 is 27.0 Å². The van der Waals surface area contributed by atoms with E-state index in [1.165, 1.54) is 0 Å². The minimum Gasteiger partial charge on any atom is -0.491 e. The molecule has 0 N–H and O–H groups in total. The SMILES string of the molecule is CCOC1=CCC(C2CCC(COc3ccc(C4CCC(CC)CC4)c(F)c3F)CC2)C(F)=C1F. The zero-order chi connectivity index (χ0) is 24.9. The third-order valence-electron chi connectivity index (χ3n) is 8.48. The number of halogens is 4. The van der Waals surface area contributed by atoms with E-state index in [0.717, 1.165) is 57.8 Å². The number of rotatable bonds is 8. The van der Waals surface area contributed by atoms with Gasteiger partial charge in [-0.3, -0.25) is 0 Å². The lowest BCUT2D eigenvalue weighted by Crippen LogP contribution is -2.26. The number of ether oxygens (including phenoxy) is 2. The average Bonchev–Trinajstić information content (AvgIpc) is 2.88. The van der Waals surface area contributed by atoms with Crippen LogP contribution in [0.2, 0.25) is 0 Å². The van der Waals surface area contributed by atoms with Crippen molar-refractivity contribution in [2.75, 3.05) is 13.2 Å². The summed E-state index contributed by atoms with van der Waals surface area (Å²) >= 11 is 0. The third kappa shape index (κ3) is 5.89. The van der Waals surface area contributed by atoms with Crippen molar-refractivity contribution in [1.29, 1.82) is 0 Å². The molecule has 1 atom stereocenters. The molecule has 0 spiro atoms. The number of allylic oxidation sites excluding steroid dienone is 3. The van der Waals surface area contributed by atoms with Crippen molar-refractivity contribution in [2.24, 2.45) is 23.7 Å². The van der Waals surface area contributed by atoms with Crippen molar-refractivity contribution in [1.82, 2.24) is 0 Å². The zero-order valence-electron chi connectivity index (χ0n) is 20.9. The Hall–Kier alpha value is -1.98. The Morgan fingerprint density at radius 2 is 1.49 bits per heavy atom. The van der Waals surface area contributed by atoms with E-state index in [1.54, 1.807) is 25.1 Å². The maximum atomic E-state index is 14.9. The van der Waals surface area contributed by atoms with Gasteiger partial charge in [-0.05, 0) is 106 Å². The molecule has 0 aliphatic heterocycles. The smallest absolute Gasteiger partial charge is 0.200 e. The van der Waals surface area contributed by atoms with Crippen LogP contribution in [0, 0.1) is 35.3 Å². The normalized spacial score (nSPS) is 29.7. The Morgan fingerprint density at radius 3 is 2.14 bits per heavy atom. The van der Waals surface area contributed by atoms with E-state index in [0.29, 0.717) is 31.1 Å². The first-order valence-electron chi connectivity index (χ1n) is 13.4. The molecule has 0 heterocycles. The first kappa shape index (κ1) is 26.1. The fourth-order valence-electron chi connectivity index (χ4n) is 6.20. The molecule has 0 saturated heterocycles. The van der Waals surface area contributed by atoms with Crippen LogP contribution in [0.5, 0.6) is 5.75 Å². The van der Waals surface area contributed by atoms with Gasteiger partial charge in [-0.1, -0.05) is 19.4 Å². The van der Waals surface area contributed by atoms with Crippen LogP contribution in [0.3, 0.4) is 0 Å². The van der Waals surface area contributed by atoms with Gasteiger partial charge in [0.1, 0.15) is 5.83 Å². The molecule has 194 valence electrons. The molecule has 0 amide bonds. The minimum absolute atomic E-state index is 0.0113. The fraction of sp³-hybridized carbons (Fsp3) is 0.655. The molecule has 1 unspecified atom stereocenters. The molecular weight excluding hydrogens is 456 g/mol. The first-order valence-corrected chi connectivity index (χ1v) is 13.4. The van der Waals surface area contributed by atoms with Gasteiger partial charge < -0.3 is 9.47 Å². The van der Waals surface area contributed by atoms with E-state index in [-0.39, 0.29) is 29.3 Å². The molecule has 2 saturated carbocycles. The predicted molar refractivity (Wildman–Crippen MR) is 129 cm³/mol. The Labute approximate surface area is 206 Å². The summed E-state index contributed by atoms with van der Waals surface area (Å²) in [5.41, 5.74) is 0.473. The lowest BCUT2D eigenvalue weighted by atomic mass is 9.73. The molecule has 3 aliphatic carbocycles. The van der Waals surface area contributed by atoms with E-state index in [9.17, 15) is 17.6 Å². The highest BCUT2D eigenvalue weighted by atomic mass is 19.2. The zero-order valence-corrected chi connectivity index (χ0v) is 20.9. The average molecular weight is 495 g/mol.